The van der Waals surface area contributed by atoms with E-state index in [0.717, 1.165) is 5.56 Å². The summed E-state index contributed by atoms with van der Waals surface area (Å²) in [6.45, 7) is 2.08. The number of oxazole rings is 1. The number of carbonyl (C=O) groups excluding carboxylic acids is 1. The Kier molecular flexibility index (Phi) is 3.09. The molecular formula is C12H12N2O3. The fraction of sp³-hybridized carbons (Fsp3) is 0.167. The zero-order chi connectivity index (χ0) is 12.3. The molecule has 0 saturated heterocycles. The van der Waals surface area contributed by atoms with Crippen molar-refractivity contribution < 1.29 is 14.3 Å². The normalized spacial score (nSPS) is 10.2. The van der Waals surface area contributed by atoms with Crippen molar-refractivity contribution in [2.45, 2.75) is 13.5 Å². The van der Waals surface area contributed by atoms with Crippen LogP contribution in [0.5, 0.6) is 5.75 Å². The lowest BCUT2D eigenvalue weighted by Crippen LogP contribution is -2.22. The molecule has 2 aromatic rings. The number of aromatic nitrogens is 1. The molecule has 0 aliphatic carbocycles. The molecule has 2 N–H and O–H groups in total. The van der Waals surface area contributed by atoms with Crippen molar-refractivity contribution in [3.8, 4) is 5.75 Å². The molecule has 0 fully saturated rings. The van der Waals surface area contributed by atoms with Crippen LogP contribution in [0.1, 0.15) is 21.8 Å². The summed E-state index contributed by atoms with van der Waals surface area (Å²) in [5, 5.41) is 11.8. The van der Waals surface area contributed by atoms with Gasteiger partial charge in [0.25, 0.3) is 5.91 Å². The standard InChI is InChI=1S/C12H12N2O3/c1-8-11(17-7-14-8)12(16)13-6-9-2-4-10(15)5-3-9/h2-5,7,15H,6H2,1H3,(H,13,16). The molecule has 5 nitrogen and oxygen atoms in total. The third-order valence-corrected chi connectivity index (χ3v) is 2.34. The van der Waals surface area contributed by atoms with Crippen molar-refractivity contribution in [2.24, 2.45) is 0 Å². The summed E-state index contributed by atoms with van der Waals surface area (Å²) < 4.78 is 4.97. The number of hydrogen-bond acceptors (Lipinski definition) is 4. The molecule has 0 radical (unpaired) electrons. The first-order valence-corrected chi connectivity index (χ1v) is 5.13. The van der Waals surface area contributed by atoms with E-state index >= 15 is 0 Å². The monoisotopic (exact) mass is 232 g/mol. The lowest BCUT2D eigenvalue weighted by molar-refractivity contribution is 0.0922. The third kappa shape index (κ3) is 2.63. The van der Waals surface area contributed by atoms with Crippen LogP contribution in [0.15, 0.2) is 35.1 Å². The summed E-state index contributed by atoms with van der Waals surface area (Å²) in [6.07, 6.45) is 1.24. The maximum atomic E-state index is 11.7. The van der Waals surface area contributed by atoms with Gasteiger partial charge in [-0.05, 0) is 24.6 Å². The van der Waals surface area contributed by atoms with Gasteiger partial charge in [0.1, 0.15) is 5.75 Å². The maximum absolute atomic E-state index is 11.7. The van der Waals surface area contributed by atoms with Gasteiger partial charge in [-0.25, -0.2) is 4.98 Å². The van der Waals surface area contributed by atoms with E-state index < -0.39 is 0 Å². The molecule has 1 amide bonds. The van der Waals surface area contributed by atoms with Crippen molar-refractivity contribution >= 4 is 5.91 Å². The van der Waals surface area contributed by atoms with E-state index in [-0.39, 0.29) is 17.4 Å². The number of aromatic hydroxyl groups is 1. The highest BCUT2D eigenvalue weighted by Crippen LogP contribution is 2.10. The number of nitrogens with zero attached hydrogens (tertiary/aromatic N) is 1. The highest BCUT2D eigenvalue weighted by atomic mass is 16.3. The Morgan fingerprint density at radius 3 is 2.71 bits per heavy atom. The van der Waals surface area contributed by atoms with Crippen molar-refractivity contribution in [3.05, 3.63) is 47.7 Å². The van der Waals surface area contributed by atoms with E-state index in [9.17, 15) is 4.79 Å². The Morgan fingerprint density at radius 2 is 2.12 bits per heavy atom. The summed E-state index contributed by atoms with van der Waals surface area (Å²) in [6, 6.07) is 6.62. The highest BCUT2D eigenvalue weighted by molar-refractivity contribution is 5.92. The molecule has 0 aliphatic rings. The second-order valence-corrected chi connectivity index (χ2v) is 3.62. The lowest BCUT2D eigenvalue weighted by Gasteiger charge is -2.03. The minimum atomic E-state index is -0.298. The van der Waals surface area contributed by atoms with Crippen molar-refractivity contribution in [3.63, 3.8) is 0 Å². The molecule has 1 aromatic heterocycles. The average Bonchev–Trinajstić information content (AvgIpc) is 2.74. The van der Waals surface area contributed by atoms with Gasteiger partial charge >= 0.3 is 0 Å². The first-order valence-electron chi connectivity index (χ1n) is 5.13. The average molecular weight is 232 g/mol. The van der Waals surface area contributed by atoms with Gasteiger partial charge in [0.05, 0.1) is 5.69 Å². The van der Waals surface area contributed by atoms with Gasteiger partial charge in [0.2, 0.25) is 5.76 Å². The van der Waals surface area contributed by atoms with E-state index in [2.05, 4.69) is 10.3 Å². The zero-order valence-corrected chi connectivity index (χ0v) is 9.30. The molecule has 0 unspecified atom stereocenters. The molecule has 1 heterocycles. The Labute approximate surface area is 98.1 Å². The van der Waals surface area contributed by atoms with Gasteiger partial charge < -0.3 is 14.8 Å². The molecule has 88 valence electrons. The summed E-state index contributed by atoms with van der Waals surface area (Å²) >= 11 is 0. The molecule has 0 bridgehead atoms. The molecule has 1 aromatic carbocycles. The zero-order valence-electron chi connectivity index (χ0n) is 9.30. The van der Waals surface area contributed by atoms with Crippen LogP contribution >= 0.6 is 0 Å². The van der Waals surface area contributed by atoms with E-state index in [1.165, 1.54) is 6.39 Å². The number of aryl methyl sites for hydroxylation is 1. The van der Waals surface area contributed by atoms with Crippen LogP contribution in [0.4, 0.5) is 0 Å². The van der Waals surface area contributed by atoms with Crippen LogP contribution < -0.4 is 5.32 Å². The number of phenolic OH excluding ortho intramolecular Hbond substituents is 1. The van der Waals surface area contributed by atoms with Gasteiger partial charge in [0.15, 0.2) is 6.39 Å². The van der Waals surface area contributed by atoms with Gasteiger partial charge in [-0.3, -0.25) is 4.79 Å². The topological polar surface area (TPSA) is 75.4 Å². The molecule has 5 heteroatoms. The lowest BCUT2D eigenvalue weighted by atomic mass is 10.2. The van der Waals surface area contributed by atoms with Crippen molar-refractivity contribution in [1.82, 2.24) is 10.3 Å². The van der Waals surface area contributed by atoms with Gasteiger partial charge in [0, 0.05) is 6.54 Å². The molecule has 2 rings (SSSR count). The van der Waals surface area contributed by atoms with Gasteiger partial charge in [-0.1, -0.05) is 12.1 Å². The van der Waals surface area contributed by atoms with Gasteiger partial charge in [-0.2, -0.15) is 0 Å². The van der Waals surface area contributed by atoms with E-state index in [0.29, 0.717) is 12.2 Å². The Balaban J connectivity index is 1.97. The molecule has 0 saturated carbocycles. The summed E-state index contributed by atoms with van der Waals surface area (Å²) in [5.74, 6) is 0.128. The molecule has 17 heavy (non-hydrogen) atoms. The predicted octanol–water partition coefficient (Wildman–Crippen LogP) is 1.62. The number of hydrogen-bond donors (Lipinski definition) is 2. The fourth-order valence-electron chi connectivity index (χ4n) is 1.40. The number of amides is 1. The second kappa shape index (κ2) is 4.69. The second-order valence-electron chi connectivity index (χ2n) is 3.62. The molecule has 0 atom stereocenters. The predicted molar refractivity (Wildman–Crippen MR) is 60.5 cm³/mol. The first-order chi connectivity index (χ1) is 8.16. The Morgan fingerprint density at radius 1 is 1.41 bits per heavy atom. The van der Waals surface area contributed by atoms with Crippen LogP contribution in [-0.2, 0) is 6.54 Å². The van der Waals surface area contributed by atoms with Crippen molar-refractivity contribution in [2.75, 3.05) is 0 Å². The van der Waals surface area contributed by atoms with Crippen LogP contribution in [0, 0.1) is 6.92 Å². The summed E-state index contributed by atoms with van der Waals surface area (Å²) in [5.41, 5.74) is 1.46. The van der Waals surface area contributed by atoms with Crippen LogP contribution in [-0.4, -0.2) is 16.0 Å². The van der Waals surface area contributed by atoms with Crippen LogP contribution in [0.2, 0.25) is 0 Å². The quantitative estimate of drug-likeness (QED) is 0.843. The van der Waals surface area contributed by atoms with Crippen LogP contribution in [0.3, 0.4) is 0 Å². The number of rotatable bonds is 3. The van der Waals surface area contributed by atoms with Crippen LogP contribution in [0.25, 0.3) is 0 Å². The van der Waals surface area contributed by atoms with E-state index in [4.69, 9.17) is 9.52 Å². The number of carbonyl (C=O) groups is 1. The number of benzene rings is 1. The minimum Gasteiger partial charge on any atom is -0.508 e. The summed E-state index contributed by atoms with van der Waals surface area (Å²) in [7, 11) is 0. The summed E-state index contributed by atoms with van der Waals surface area (Å²) in [4.78, 5) is 15.5. The SMILES string of the molecule is Cc1ncoc1C(=O)NCc1ccc(O)cc1. The molecule has 0 aliphatic heterocycles. The molecule has 0 spiro atoms. The van der Waals surface area contributed by atoms with E-state index in [1.54, 1.807) is 31.2 Å². The number of nitrogens with one attached hydrogen (secondary N) is 1. The van der Waals surface area contributed by atoms with E-state index in [1.807, 2.05) is 0 Å². The Hall–Kier alpha value is -2.30. The highest BCUT2D eigenvalue weighted by Gasteiger charge is 2.12. The Bertz CT molecular complexity index is 517. The maximum Gasteiger partial charge on any atom is 0.289 e. The molecular weight excluding hydrogens is 220 g/mol. The third-order valence-electron chi connectivity index (χ3n) is 2.34. The number of phenols is 1. The first kappa shape index (κ1) is 11.2. The van der Waals surface area contributed by atoms with Crippen molar-refractivity contribution in [1.29, 1.82) is 0 Å². The largest absolute Gasteiger partial charge is 0.508 e. The smallest absolute Gasteiger partial charge is 0.289 e. The minimum absolute atomic E-state index is 0.200. The fourth-order valence-corrected chi connectivity index (χ4v) is 1.40. The van der Waals surface area contributed by atoms with Gasteiger partial charge in [-0.15, -0.1) is 0 Å².